The van der Waals surface area contributed by atoms with Gasteiger partial charge >= 0.3 is 0 Å². The Balaban J connectivity index is 1.81. The first-order chi connectivity index (χ1) is 8.28. The lowest BCUT2D eigenvalue weighted by molar-refractivity contribution is 0.136. The van der Waals surface area contributed by atoms with E-state index < -0.39 is 0 Å². The Kier molecular flexibility index (Phi) is 2.83. The van der Waals surface area contributed by atoms with Gasteiger partial charge in [-0.15, -0.1) is 0 Å². The van der Waals surface area contributed by atoms with Crippen molar-refractivity contribution < 1.29 is 4.74 Å². The molecule has 3 unspecified atom stereocenters. The highest BCUT2D eigenvalue weighted by molar-refractivity contribution is 5.40. The molecule has 2 nitrogen and oxygen atoms in total. The van der Waals surface area contributed by atoms with Crippen molar-refractivity contribution in [3.8, 4) is 5.75 Å². The molecule has 0 aliphatic heterocycles. The largest absolute Gasteiger partial charge is 0.490 e. The van der Waals surface area contributed by atoms with Gasteiger partial charge in [0.25, 0.3) is 0 Å². The standard InChI is InChI=1S/C15H21NO/c1-10-3-2-4-13(9-16)15(10)17-14-8-11-5-6-12(14)7-11/h2-4,11-12,14H,5-9,16H2,1H3. The average molecular weight is 231 g/mol. The third-order valence-electron chi connectivity index (χ3n) is 4.46. The van der Waals surface area contributed by atoms with E-state index in [1.807, 2.05) is 0 Å². The molecule has 92 valence electrons. The summed E-state index contributed by atoms with van der Waals surface area (Å²) in [6.07, 6.45) is 5.86. The van der Waals surface area contributed by atoms with E-state index in [1.165, 1.54) is 31.2 Å². The molecule has 1 aromatic rings. The van der Waals surface area contributed by atoms with E-state index >= 15 is 0 Å². The van der Waals surface area contributed by atoms with E-state index in [-0.39, 0.29) is 0 Å². The number of aryl methyl sites for hydroxylation is 1. The maximum absolute atomic E-state index is 6.28. The predicted molar refractivity (Wildman–Crippen MR) is 68.9 cm³/mol. The zero-order chi connectivity index (χ0) is 11.8. The van der Waals surface area contributed by atoms with Crippen LogP contribution in [0.1, 0.15) is 36.8 Å². The Bertz CT molecular complexity index is 415. The minimum absolute atomic E-state index is 0.445. The number of rotatable bonds is 3. The van der Waals surface area contributed by atoms with Crippen LogP contribution in [0.3, 0.4) is 0 Å². The highest BCUT2D eigenvalue weighted by Crippen LogP contribution is 2.46. The predicted octanol–water partition coefficient (Wildman–Crippen LogP) is 3.02. The normalized spacial score (nSPS) is 30.8. The van der Waals surface area contributed by atoms with Crippen molar-refractivity contribution in [2.24, 2.45) is 17.6 Å². The topological polar surface area (TPSA) is 35.2 Å². The first-order valence-corrected chi connectivity index (χ1v) is 6.73. The maximum atomic E-state index is 6.28. The van der Waals surface area contributed by atoms with Gasteiger partial charge in [-0.25, -0.2) is 0 Å². The van der Waals surface area contributed by atoms with E-state index in [0.29, 0.717) is 12.6 Å². The van der Waals surface area contributed by atoms with E-state index in [1.54, 1.807) is 0 Å². The van der Waals surface area contributed by atoms with Gasteiger partial charge in [0.2, 0.25) is 0 Å². The number of hydrogen-bond acceptors (Lipinski definition) is 2. The summed E-state index contributed by atoms with van der Waals surface area (Å²) in [5, 5.41) is 0. The Morgan fingerprint density at radius 1 is 1.29 bits per heavy atom. The summed E-state index contributed by atoms with van der Waals surface area (Å²) in [4.78, 5) is 0. The number of benzene rings is 1. The van der Waals surface area contributed by atoms with E-state index in [0.717, 1.165) is 23.1 Å². The quantitative estimate of drug-likeness (QED) is 0.868. The summed E-state index contributed by atoms with van der Waals surface area (Å²) >= 11 is 0. The number of hydrogen-bond donors (Lipinski definition) is 1. The van der Waals surface area contributed by atoms with Crippen LogP contribution in [0.4, 0.5) is 0 Å². The van der Waals surface area contributed by atoms with Crippen LogP contribution >= 0.6 is 0 Å². The minimum Gasteiger partial charge on any atom is -0.490 e. The molecule has 2 heteroatoms. The molecule has 2 fully saturated rings. The molecule has 0 aromatic heterocycles. The fraction of sp³-hybridized carbons (Fsp3) is 0.600. The molecule has 2 N–H and O–H groups in total. The highest BCUT2D eigenvalue weighted by atomic mass is 16.5. The van der Waals surface area contributed by atoms with Crippen molar-refractivity contribution in [1.82, 2.24) is 0 Å². The first kappa shape index (κ1) is 11.1. The van der Waals surface area contributed by atoms with Crippen molar-refractivity contribution in [3.63, 3.8) is 0 Å². The molecule has 1 aromatic carbocycles. The van der Waals surface area contributed by atoms with Gasteiger partial charge in [0.15, 0.2) is 0 Å². The van der Waals surface area contributed by atoms with Crippen LogP contribution in [-0.2, 0) is 6.54 Å². The lowest BCUT2D eigenvalue weighted by atomic mass is 9.97. The average Bonchev–Trinajstić information content (AvgIpc) is 2.93. The third-order valence-corrected chi connectivity index (χ3v) is 4.46. The summed E-state index contributed by atoms with van der Waals surface area (Å²) < 4.78 is 6.28. The van der Waals surface area contributed by atoms with Crippen LogP contribution in [0.2, 0.25) is 0 Å². The molecule has 0 spiro atoms. The van der Waals surface area contributed by atoms with Gasteiger partial charge in [0.05, 0.1) is 0 Å². The summed E-state index contributed by atoms with van der Waals surface area (Å²) in [5.41, 5.74) is 8.15. The van der Waals surface area contributed by atoms with Crippen LogP contribution in [-0.4, -0.2) is 6.10 Å². The molecule has 3 rings (SSSR count). The van der Waals surface area contributed by atoms with Gasteiger partial charge in [-0.05, 0) is 50.0 Å². The SMILES string of the molecule is Cc1cccc(CN)c1OC1CC2CCC1C2. The summed E-state index contributed by atoms with van der Waals surface area (Å²) in [5.74, 6) is 2.77. The molecular formula is C15H21NO. The maximum Gasteiger partial charge on any atom is 0.127 e. The lowest BCUT2D eigenvalue weighted by Gasteiger charge is -2.25. The van der Waals surface area contributed by atoms with Crippen LogP contribution in [0.15, 0.2) is 18.2 Å². The molecular weight excluding hydrogens is 210 g/mol. The van der Waals surface area contributed by atoms with Crippen molar-refractivity contribution in [2.45, 2.75) is 45.3 Å². The molecule has 17 heavy (non-hydrogen) atoms. The van der Waals surface area contributed by atoms with E-state index in [4.69, 9.17) is 10.5 Å². The third kappa shape index (κ3) is 1.95. The molecule has 2 saturated carbocycles. The van der Waals surface area contributed by atoms with Gasteiger partial charge < -0.3 is 10.5 Å². The smallest absolute Gasteiger partial charge is 0.127 e. The van der Waals surface area contributed by atoms with Gasteiger partial charge in [-0.1, -0.05) is 18.2 Å². The first-order valence-electron chi connectivity index (χ1n) is 6.73. The number of fused-ring (bicyclic) bond motifs is 2. The monoisotopic (exact) mass is 231 g/mol. The fourth-order valence-corrected chi connectivity index (χ4v) is 3.52. The van der Waals surface area contributed by atoms with Crippen molar-refractivity contribution >= 4 is 0 Å². The molecule has 2 bridgehead atoms. The second kappa shape index (κ2) is 4.34. The van der Waals surface area contributed by atoms with Gasteiger partial charge in [-0.3, -0.25) is 0 Å². The molecule has 0 heterocycles. The van der Waals surface area contributed by atoms with Crippen LogP contribution in [0.5, 0.6) is 5.75 Å². The Labute approximate surface area is 103 Å². The zero-order valence-corrected chi connectivity index (χ0v) is 10.5. The van der Waals surface area contributed by atoms with Crippen molar-refractivity contribution in [1.29, 1.82) is 0 Å². The Morgan fingerprint density at radius 3 is 2.82 bits per heavy atom. The Morgan fingerprint density at radius 2 is 2.18 bits per heavy atom. The van der Waals surface area contributed by atoms with Crippen molar-refractivity contribution in [3.05, 3.63) is 29.3 Å². The van der Waals surface area contributed by atoms with Gasteiger partial charge in [-0.2, -0.15) is 0 Å². The lowest BCUT2D eigenvalue weighted by Crippen LogP contribution is -2.24. The summed E-state index contributed by atoms with van der Waals surface area (Å²) in [6, 6.07) is 6.25. The molecule has 2 aliphatic carbocycles. The zero-order valence-electron chi connectivity index (χ0n) is 10.5. The second-order valence-electron chi connectivity index (χ2n) is 5.60. The molecule has 3 atom stereocenters. The number of para-hydroxylation sites is 1. The number of ether oxygens (including phenoxy) is 1. The van der Waals surface area contributed by atoms with E-state index in [2.05, 4.69) is 25.1 Å². The molecule has 0 saturated heterocycles. The Hall–Kier alpha value is -1.02. The van der Waals surface area contributed by atoms with E-state index in [9.17, 15) is 0 Å². The van der Waals surface area contributed by atoms with Crippen LogP contribution < -0.4 is 10.5 Å². The highest BCUT2D eigenvalue weighted by Gasteiger charge is 2.41. The van der Waals surface area contributed by atoms with Crippen molar-refractivity contribution in [2.75, 3.05) is 0 Å². The molecule has 2 aliphatic rings. The summed E-state index contributed by atoms with van der Waals surface area (Å²) in [6.45, 7) is 2.68. The fourth-order valence-electron chi connectivity index (χ4n) is 3.52. The molecule has 0 radical (unpaired) electrons. The van der Waals surface area contributed by atoms with Crippen LogP contribution in [0, 0.1) is 18.8 Å². The molecule has 0 amide bonds. The summed E-state index contributed by atoms with van der Waals surface area (Å²) in [7, 11) is 0. The number of nitrogens with two attached hydrogens (primary N) is 1. The minimum atomic E-state index is 0.445. The van der Waals surface area contributed by atoms with Crippen LogP contribution in [0.25, 0.3) is 0 Å². The second-order valence-corrected chi connectivity index (χ2v) is 5.60. The van der Waals surface area contributed by atoms with Gasteiger partial charge in [0.1, 0.15) is 11.9 Å². The van der Waals surface area contributed by atoms with Gasteiger partial charge in [0, 0.05) is 12.1 Å².